The first-order valence-electron chi connectivity index (χ1n) is 17.1. The van der Waals surface area contributed by atoms with Gasteiger partial charge in [0.2, 0.25) is 0 Å². The molecule has 0 unspecified atom stereocenters. The third-order valence-electron chi connectivity index (χ3n) is 9.69. The second kappa shape index (κ2) is 15.2. The van der Waals surface area contributed by atoms with E-state index in [9.17, 15) is 8.42 Å². The Morgan fingerprint density at radius 2 is 0.653 bits per heavy atom. The van der Waals surface area contributed by atoms with E-state index in [0.29, 0.717) is 13.1 Å². The van der Waals surface area contributed by atoms with Crippen molar-refractivity contribution in [3.05, 3.63) is 215 Å². The first kappa shape index (κ1) is 32.7. The Balaban J connectivity index is 1.43. The zero-order valence-electron chi connectivity index (χ0n) is 27.6. The van der Waals surface area contributed by atoms with Crippen LogP contribution in [0.1, 0.15) is 45.5 Å². The van der Waals surface area contributed by atoms with Crippen molar-refractivity contribution >= 4 is 9.84 Å². The minimum atomic E-state index is -3.40. The molecule has 5 heteroatoms. The Bertz CT molecular complexity index is 1770. The molecule has 0 radical (unpaired) electrons. The zero-order valence-corrected chi connectivity index (χ0v) is 28.4. The van der Waals surface area contributed by atoms with Crippen LogP contribution in [0, 0.1) is 0 Å². The van der Waals surface area contributed by atoms with Crippen LogP contribution >= 0.6 is 0 Å². The fourth-order valence-corrected chi connectivity index (χ4v) is 9.53. The van der Waals surface area contributed by atoms with E-state index < -0.39 is 9.84 Å². The third kappa shape index (κ3) is 7.76. The molecular weight excluding hydrogens is 621 g/mol. The normalized spacial score (nSPS) is 17.2. The molecule has 0 aromatic heterocycles. The van der Waals surface area contributed by atoms with Gasteiger partial charge in [0, 0.05) is 25.2 Å². The summed E-state index contributed by atoms with van der Waals surface area (Å²) in [6.45, 7) is 1.21. The highest BCUT2D eigenvalue weighted by Gasteiger charge is 2.48. The maximum absolute atomic E-state index is 14.1. The highest BCUT2D eigenvalue weighted by molar-refractivity contribution is 7.91. The smallest absolute Gasteiger partial charge is 0.153 e. The van der Waals surface area contributed by atoms with E-state index in [-0.39, 0.29) is 35.7 Å². The molecule has 0 spiro atoms. The Hall–Kier alpha value is -4.81. The number of sulfone groups is 1. The third-order valence-corrected chi connectivity index (χ3v) is 11.4. The average Bonchev–Trinajstić information content (AvgIpc) is 3.48. The Kier molecular flexibility index (Phi) is 10.1. The van der Waals surface area contributed by atoms with E-state index in [1.807, 2.05) is 36.4 Å². The lowest BCUT2D eigenvalue weighted by atomic mass is 9.91. The fraction of sp³-hybridized carbons (Fsp3) is 0.182. The molecule has 246 valence electrons. The molecule has 0 N–H and O–H groups in total. The predicted molar refractivity (Wildman–Crippen MR) is 200 cm³/mol. The second-order valence-electron chi connectivity index (χ2n) is 13.0. The Morgan fingerprint density at radius 1 is 0.408 bits per heavy atom. The lowest BCUT2D eigenvalue weighted by molar-refractivity contribution is 0.0588. The number of hydrogen-bond acceptors (Lipinski definition) is 4. The maximum Gasteiger partial charge on any atom is 0.153 e. The van der Waals surface area contributed by atoms with Crippen molar-refractivity contribution in [1.29, 1.82) is 0 Å². The molecule has 1 aliphatic rings. The van der Waals surface area contributed by atoms with Crippen LogP contribution in [0.5, 0.6) is 0 Å². The van der Waals surface area contributed by atoms with Gasteiger partial charge in [0.15, 0.2) is 9.84 Å². The monoisotopic (exact) mass is 662 g/mol. The lowest BCUT2D eigenvalue weighted by Gasteiger charge is -2.45. The van der Waals surface area contributed by atoms with Gasteiger partial charge in [-0.15, -0.1) is 0 Å². The number of rotatable bonds is 12. The molecule has 0 aliphatic carbocycles. The highest BCUT2D eigenvalue weighted by atomic mass is 32.2. The van der Waals surface area contributed by atoms with Crippen molar-refractivity contribution in [1.82, 2.24) is 9.80 Å². The summed E-state index contributed by atoms with van der Waals surface area (Å²) in [5.74, 6) is 0.171. The van der Waals surface area contributed by atoms with Crippen LogP contribution < -0.4 is 0 Å². The number of benzene rings is 6. The van der Waals surface area contributed by atoms with Gasteiger partial charge in [-0.25, -0.2) is 8.42 Å². The molecule has 49 heavy (non-hydrogen) atoms. The Morgan fingerprint density at radius 3 is 0.918 bits per heavy atom. The molecule has 7 rings (SSSR count). The standard InChI is InChI=1S/C44H42N2O2S/c47-49(48)33-41(45(31-35-19-7-1-8-20-35)43(37-23-11-3-12-24-37)38-25-13-4-14-26-38)42(34-49)46(32-36-21-9-2-10-22-36)44(39-27-15-5-16-28-39)40-29-17-6-18-30-40/h1-30,41-44H,31-34H2/t41-,42-/m0/s1. The first-order valence-corrected chi connectivity index (χ1v) is 18.9. The van der Waals surface area contributed by atoms with Gasteiger partial charge in [0.1, 0.15) is 0 Å². The summed E-state index contributed by atoms with van der Waals surface area (Å²) in [4.78, 5) is 4.94. The van der Waals surface area contributed by atoms with Gasteiger partial charge >= 0.3 is 0 Å². The van der Waals surface area contributed by atoms with Gasteiger partial charge in [-0.1, -0.05) is 182 Å². The van der Waals surface area contributed by atoms with Crippen molar-refractivity contribution < 1.29 is 8.42 Å². The molecule has 1 heterocycles. The molecule has 0 amide bonds. The van der Waals surface area contributed by atoms with Crippen LogP contribution in [-0.2, 0) is 22.9 Å². The molecule has 1 fully saturated rings. The minimum absolute atomic E-state index is 0.0856. The summed E-state index contributed by atoms with van der Waals surface area (Å²) in [6, 6.07) is 62.2. The van der Waals surface area contributed by atoms with Gasteiger partial charge in [-0.3, -0.25) is 9.80 Å². The Labute approximate surface area is 291 Å². The van der Waals surface area contributed by atoms with Crippen molar-refractivity contribution in [2.75, 3.05) is 11.5 Å². The van der Waals surface area contributed by atoms with Gasteiger partial charge in [0.05, 0.1) is 23.6 Å². The van der Waals surface area contributed by atoms with Crippen LogP contribution in [0.3, 0.4) is 0 Å². The summed E-state index contributed by atoms with van der Waals surface area (Å²) in [5, 5.41) is 0. The molecule has 2 atom stereocenters. The largest absolute Gasteiger partial charge is 0.282 e. The average molecular weight is 663 g/mol. The van der Waals surface area contributed by atoms with Crippen molar-refractivity contribution in [3.8, 4) is 0 Å². The van der Waals surface area contributed by atoms with Gasteiger partial charge in [-0.2, -0.15) is 0 Å². The topological polar surface area (TPSA) is 40.6 Å². The van der Waals surface area contributed by atoms with E-state index >= 15 is 0 Å². The van der Waals surface area contributed by atoms with Gasteiger partial charge in [-0.05, 0) is 33.4 Å². The predicted octanol–water partition coefficient (Wildman–Crippen LogP) is 8.74. The minimum Gasteiger partial charge on any atom is -0.282 e. The summed E-state index contributed by atoms with van der Waals surface area (Å²) in [7, 11) is -3.40. The fourth-order valence-electron chi connectivity index (χ4n) is 7.52. The first-order chi connectivity index (χ1) is 24.1. The van der Waals surface area contributed by atoms with E-state index in [4.69, 9.17) is 0 Å². The number of hydrogen-bond donors (Lipinski definition) is 0. The van der Waals surface area contributed by atoms with Crippen molar-refractivity contribution in [2.45, 2.75) is 37.3 Å². The van der Waals surface area contributed by atoms with Crippen LogP contribution in [-0.4, -0.2) is 41.8 Å². The molecule has 1 saturated heterocycles. The maximum atomic E-state index is 14.1. The highest BCUT2D eigenvalue weighted by Crippen LogP contribution is 2.40. The molecule has 4 nitrogen and oxygen atoms in total. The molecule has 6 aromatic carbocycles. The van der Waals surface area contributed by atoms with Gasteiger partial charge < -0.3 is 0 Å². The lowest BCUT2D eigenvalue weighted by Crippen LogP contribution is -2.53. The van der Waals surface area contributed by atoms with Crippen LogP contribution in [0.15, 0.2) is 182 Å². The van der Waals surface area contributed by atoms with E-state index in [1.165, 1.54) is 0 Å². The molecule has 6 aromatic rings. The van der Waals surface area contributed by atoms with E-state index in [0.717, 1.165) is 33.4 Å². The van der Waals surface area contributed by atoms with E-state index in [1.54, 1.807) is 0 Å². The van der Waals surface area contributed by atoms with Crippen LogP contribution in [0.4, 0.5) is 0 Å². The summed E-state index contributed by atoms with van der Waals surface area (Å²) in [5.41, 5.74) is 6.88. The summed E-state index contributed by atoms with van der Waals surface area (Å²) >= 11 is 0. The summed E-state index contributed by atoms with van der Waals surface area (Å²) in [6.07, 6.45) is 0. The number of nitrogens with zero attached hydrogens (tertiary/aromatic N) is 2. The molecule has 0 bridgehead atoms. The molecule has 0 saturated carbocycles. The van der Waals surface area contributed by atoms with Gasteiger partial charge in [0.25, 0.3) is 0 Å². The van der Waals surface area contributed by atoms with Crippen LogP contribution in [0.2, 0.25) is 0 Å². The SMILES string of the molecule is O=S1(=O)C[C@H](N(Cc2ccccc2)C(c2ccccc2)c2ccccc2)[C@@H](N(Cc2ccccc2)C(c2ccccc2)c2ccccc2)C1. The molecular formula is C44H42N2O2S. The van der Waals surface area contributed by atoms with Crippen molar-refractivity contribution in [2.24, 2.45) is 0 Å². The quantitative estimate of drug-likeness (QED) is 0.131. The van der Waals surface area contributed by atoms with Crippen LogP contribution in [0.25, 0.3) is 0 Å². The zero-order chi connectivity index (χ0) is 33.5. The molecule has 1 aliphatic heterocycles. The van der Waals surface area contributed by atoms with Crippen molar-refractivity contribution in [3.63, 3.8) is 0 Å². The second-order valence-corrected chi connectivity index (χ2v) is 15.1. The van der Waals surface area contributed by atoms with E-state index in [2.05, 4.69) is 155 Å². The summed E-state index contributed by atoms with van der Waals surface area (Å²) < 4.78 is 28.2.